The summed E-state index contributed by atoms with van der Waals surface area (Å²) in [5.74, 6) is 6.55. The van der Waals surface area contributed by atoms with E-state index in [-0.39, 0.29) is 5.41 Å². The molecule has 0 atom stereocenters. The number of pyridine rings is 2. The van der Waals surface area contributed by atoms with Gasteiger partial charge in [0.25, 0.3) is 0 Å². The van der Waals surface area contributed by atoms with Crippen molar-refractivity contribution in [2.24, 2.45) is 0 Å². The van der Waals surface area contributed by atoms with E-state index in [1.807, 2.05) is 24.3 Å². The Morgan fingerprint density at radius 2 is 1.82 bits per heavy atom. The molecular formula is C24H28GeN2O. The molecule has 0 radical (unpaired) electrons. The van der Waals surface area contributed by atoms with E-state index in [2.05, 4.69) is 49.1 Å². The summed E-state index contributed by atoms with van der Waals surface area (Å²) in [4.78, 5) is 9.44. The van der Waals surface area contributed by atoms with Crippen molar-refractivity contribution in [3.05, 3.63) is 53.9 Å². The van der Waals surface area contributed by atoms with Crippen molar-refractivity contribution in [1.82, 2.24) is 9.97 Å². The van der Waals surface area contributed by atoms with E-state index >= 15 is 0 Å². The molecule has 0 aliphatic heterocycles. The molecule has 0 aliphatic carbocycles. The molecule has 0 N–H and O–H groups in total. The van der Waals surface area contributed by atoms with Gasteiger partial charge in [-0.25, -0.2) is 0 Å². The van der Waals surface area contributed by atoms with Crippen LogP contribution in [0.15, 0.2) is 47.0 Å². The maximum absolute atomic E-state index is 8.09. The first-order valence-corrected chi connectivity index (χ1v) is 17.0. The summed E-state index contributed by atoms with van der Waals surface area (Å²) in [7, 11) is 0. The summed E-state index contributed by atoms with van der Waals surface area (Å²) in [6.07, 6.45) is 1.77. The van der Waals surface area contributed by atoms with E-state index < -0.39 is 20.1 Å². The predicted molar refractivity (Wildman–Crippen MR) is 121 cm³/mol. The first kappa shape index (κ1) is 15.7. The quantitative estimate of drug-likeness (QED) is 0.352. The van der Waals surface area contributed by atoms with Crippen LogP contribution >= 0.6 is 0 Å². The van der Waals surface area contributed by atoms with E-state index in [4.69, 9.17) is 13.5 Å². The van der Waals surface area contributed by atoms with Gasteiger partial charge in [0, 0.05) is 0 Å². The average molecular weight is 436 g/mol. The molecule has 0 aliphatic rings. The second-order valence-electron chi connectivity index (χ2n) is 9.45. The zero-order valence-corrected chi connectivity index (χ0v) is 19.4. The van der Waals surface area contributed by atoms with Crippen molar-refractivity contribution in [3.63, 3.8) is 0 Å². The number of fused-ring (bicyclic) bond motifs is 3. The average Bonchev–Trinajstić information content (AvgIpc) is 3.03. The number of benzene rings is 1. The second kappa shape index (κ2) is 6.45. The molecule has 3 aromatic heterocycles. The van der Waals surface area contributed by atoms with Crippen molar-refractivity contribution in [3.8, 4) is 11.3 Å². The third-order valence-corrected chi connectivity index (χ3v) is 9.35. The predicted octanol–water partition coefficient (Wildman–Crippen LogP) is 6.19. The van der Waals surface area contributed by atoms with Gasteiger partial charge in [0.1, 0.15) is 0 Å². The van der Waals surface area contributed by atoms with Crippen molar-refractivity contribution >= 4 is 39.7 Å². The molecule has 0 bridgehead atoms. The van der Waals surface area contributed by atoms with E-state index in [0.29, 0.717) is 22.6 Å². The number of nitrogens with zero attached hydrogens (tertiary/aromatic N) is 2. The number of para-hydroxylation sites is 1. The van der Waals surface area contributed by atoms with Gasteiger partial charge in [-0.3, -0.25) is 0 Å². The molecule has 3 nitrogen and oxygen atoms in total. The normalized spacial score (nSPS) is 14.9. The third-order valence-electron chi connectivity index (χ3n) is 5.12. The van der Waals surface area contributed by atoms with Crippen molar-refractivity contribution < 1.29 is 8.53 Å². The Bertz CT molecular complexity index is 1290. The molecule has 0 amide bonds. The minimum atomic E-state index is -2.41. The van der Waals surface area contributed by atoms with Crippen LogP contribution in [0, 0.1) is 6.85 Å². The topological polar surface area (TPSA) is 38.9 Å². The van der Waals surface area contributed by atoms with Gasteiger partial charge in [-0.2, -0.15) is 0 Å². The Balaban J connectivity index is 1.96. The molecule has 0 unspecified atom stereocenters. The number of hydrogen-bond donors (Lipinski definition) is 0. The van der Waals surface area contributed by atoms with Crippen LogP contribution in [0.3, 0.4) is 0 Å². The number of hydrogen-bond acceptors (Lipinski definition) is 3. The van der Waals surface area contributed by atoms with Crippen molar-refractivity contribution in [2.45, 2.75) is 50.3 Å². The van der Waals surface area contributed by atoms with Gasteiger partial charge in [0.15, 0.2) is 0 Å². The van der Waals surface area contributed by atoms with Gasteiger partial charge in [-0.1, -0.05) is 0 Å². The molecule has 0 saturated carbocycles. The number of rotatable bonds is 2. The van der Waals surface area contributed by atoms with Crippen LogP contribution in [0.5, 0.6) is 0 Å². The molecule has 0 saturated heterocycles. The summed E-state index contributed by atoms with van der Waals surface area (Å²) >= 11 is -2.41. The minimum absolute atomic E-state index is 0.0831. The van der Waals surface area contributed by atoms with Gasteiger partial charge >= 0.3 is 174 Å². The fourth-order valence-electron chi connectivity index (χ4n) is 3.50. The van der Waals surface area contributed by atoms with Gasteiger partial charge in [-0.05, 0) is 0 Å². The Morgan fingerprint density at radius 3 is 2.50 bits per heavy atom. The van der Waals surface area contributed by atoms with Gasteiger partial charge in [0.05, 0.1) is 0 Å². The summed E-state index contributed by atoms with van der Waals surface area (Å²) in [5.41, 5.74) is 3.96. The van der Waals surface area contributed by atoms with Crippen LogP contribution < -0.4 is 4.40 Å². The first-order valence-electron chi connectivity index (χ1n) is 11.1. The summed E-state index contributed by atoms with van der Waals surface area (Å²) < 4.78 is 31.4. The molecule has 0 fully saturated rings. The van der Waals surface area contributed by atoms with Crippen LogP contribution in [0.4, 0.5) is 0 Å². The number of aromatic nitrogens is 2. The Kier molecular flexibility index (Phi) is 3.63. The zero-order chi connectivity index (χ0) is 22.8. The molecule has 4 aromatic rings. The van der Waals surface area contributed by atoms with Crippen molar-refractivity contribution in [2.75, 3.05) is 0 Å². The van der Waals surface area contributed by atoms with E-state index in [9.17, 15) is 0 Å². The Hall–Kier alpha value is -2.14. The SMILES string of the molecule is [2H]C([2H])([2H])c1cc(-c2cccc3c2oc2nc(C(C)(C)C)ccc23)nc[c]1[Ge]([CH3])([CH3])[CH3]. The Labute approximate surface area is 173 Å². The van der Waals surface area contributed by atoms with Crippen LogP contribution in [0.2, 0.25) is 17.3 Å². The maximum atomic E-state index is 8.09. The van der Waals surface area contributed by atoms with Crippen LogP contribution in [-0.4, -0.2) is 23.2 Å². The summed E-state index contributed by atoms with van der Waals surface area (Å²) in [6, 6.07) is 11.7. The molecule has 4 rings (SSSR count). The van der Waals surface area contributed by atoms with E-state index in [1.165, 1.54) is 0 Å². The molecule has 28 heavy (non-hydrogen) atoms. The standard InChI is InChI=1S/C24H28GeN2O/c1-15-13-20(26-14-19(15)25(5,6)7)18-10-8-9-16-17-11-12-21(24(2,3)4)27-23(17)28-22(16)18/h8-14H,1-7H3/i1D3. The van der Waals surface area contributed by atoms with E-state index in [1.54, 1.807) is 12.3 Å². The Morgan fingerprint density at radius 1 is 1.04 bits per heavy atom. The van der Waals surface area contributed by atoms with Crippen molar-refractivity contribution in [1.29, 1.82) is 0 Å². The summed E-state index contributed by atoms with van der Waals surface area (Å²) in [5, 5.41) is 1.90. The van der Waals surface area contributed by atoms with Gasteiger partial charge < -0.3 is 0 Å². The second-order valence-corrected chi connectivity index (χ2v) is 20.0. The molecule has 3 heterocycles. The van der Waals surface area contributed by atoms with Crippen LogP contribution in [0.25, 0.3) is 33.3 Å². The fourth-order valence-corrected chi connectivity index (χ4v) is 6.29. The van der Waals surface area contributed by atoms with Crippen LogP contribution in [0.1, 0.15) is 36.1 Å². The molecule has 1 aromatic carbocycles. The first-order chi connectivity index (χ1) is 14.3. The van der Waals surface area contributed by atoms with Crippen LogP contribution in [-0.2, 0) is 5.41 Å². The third kappa shape index (κ3) is 3.26. The van der Waals surface area contributed by atoms with Gasteiger partial charge in [0.2, 0.25) is 0 Å². The monoisotopic (exact) mass is 437 g/mol. The molecule has 144 valence electrons. The molecular weight excluding hydrogens is 405 g/mol. The number of aryl methyl sites for hydroxylation is 1. The fraction of sp³-hybridized carbons (Fsp3) is 0.333. The van der Waals surface area contributed by atoms with Gasteiger partial charge in [-0.15, -0.1) is 0 Å². The van der Waals surface area contributed by atoms with E-state index in [0.717, 1.165) is 26.4 Å². The zero-order valence-electron chi connectivity index (χ0n) is 20.3. The summed E-state index contributed by atoms with van der Waals surface area (Å²) in [6.45, 7) is 4.18. The molecule has 4 heteroatoms. The molecule has 0 spiro atoms. The number of furan rings is 1.